The number of anilines is 1. The van der Waals surface area contributed by atoms with Gasteiger partial charge in [-0.15, -0.1) is 0 Å². The first-order valence-electron chi connectivity index (χ1n) is 11.8. The highest BCUT2D eigenvalue weighted by atomic mass is 16.2. The van der Waals surface area contributed by atoms with Gasteiger partial charge in [-0.2, -0.15) is 0 Å². The van der Waals surface area contributed by atoms with Gasteiger partial charge in [-0.05, 0) is 55.5 Å². The average Bonchev–Trinajstić information content (AvgIpc) is 2.82. The Morgan fingerprint density at radius 1 is 1.00 bits per heavy atom. The van der Waals surface area contributed by atoms with Crippen molar-refractivity contribution < 1.29 is 14.4 Å². The standard InChI is InChI=1S/C27H35N3O3/c1-27(2,3)26(33)29-23-15-13-21(14-16-23)25(32)30-18-8-12-22(19-30)24(31)28-17-7-11-20-9-5-4-6-10-20/h4-6,9-10,13-16,22H,7-8,11-12,17-19H2,1-3H3,(H,28,31)(H,29,33). The molecular formula is C27H35N3O3. The van der Waals surface area contributed by atoms with E-state index in [1.807, 2.05) is 39.0 Å². The zero-order valence-electron chi connectivity index (χ0n) is 19.9. The molecule has 1 atom stereocenters. The van der Waals surface area contributed by atoms with Gasteiger partial charge in [-0.3, -0.25) is 14.4 Å². The Hall–Kier alpha value is -3.15. The third kappa shape index (κ3) is 7.17. The summed E-state index contributed by atoms with van der Waals surface area (Å²) in [7, 11) is 0. The minimum atomic E-state index is -0.487. The molecule has 1 aliphatic heterocycles. The second-order valence-electron chi connectivity index (χ2n) is 9.75. The van der Waals surface area contributed by atoms with Crippen molar-refractivity contribution in [3.8, 4) is 0 Å². The number of piperidine rings is 1. The lowest BCUT2D eigenvalue weighted by Crippen LogP contribution is -2.45. The highest BCUT2D eigenvalue weighted by Crippen LogP contribution is 2.21. The van der Waals surface area contributed by atoms with Gasteiger partial charge >= 0.3 is 0 Å². The smallest absolute Gasteiger partial charge is 0.253 e. The summed E-state index contributed by atoms with van der Waals surface area (Å²) in [6.07, 6.45) is 3.44. The maximum absolute atomic E-state index is 13.0. The van der Waals surface area contributed by atoms with Crippen molar-refractivity contribution in [2.24, 2.45) is 11.3 Å². The first-order chi connectivity index (χ1) is 15.7. The van der Waals surface area contributed by atoms with Crippen LogP contribution in [0.2, 0.25) is 0 Å². The Balaban J connectivity index is 1.48. The maximum Gasteiger partial charge on any atom is 0.253 e. The SMILES string of the molecule is CC(C)(C)C(=O)Nc1ccc(C(=O)N2CCCC(C(=O)NCCCc3ccccc3)C2)cc1. The van der Waals surface area contributed by atoms with Crippen molar-refractivity contribution in [1.29, 1.82) is 0 Å². The zero-order chi connectivity index (χ0) is 23.8. The molecule has 6 nitrogen and oxygen atoms in total. The first kappa shape index (κ1) is 24.5. The molecule has 6 heteroatoms. The maximum atomic E-state index is 13.0. The van der Waals surface area contributed by atoms with Gasteiger partial charge in [0.2, 0.25) is 11.8 Å². The number of nitrogens with zero attached hydrogens (tertiary/aromatic N) is 1. The monoisotopic (exact) mass is 449 g/mol. The third-order valence-corrected chi connectivity index (χ3v) is 5.93. The summed E-state index contributed by atoms with van der Waals surface area (Å²) in [4.78, 5) is 39.5. The van der Waals surface area contributed by atoms with Crippen LogP contribution in [-0.2, 0) is 16.0 Å². The molecular weight excluding hydrogens is 414 g/mol. The van der Waals surface area contributed by atoms with Crippen LogP contribution < -0.4 is 10.6 Å². The molecule has 0 spiro atoms. The quantitative estimate of drug-likeness (QED) is 0.620. The van der Waals surface area contributed by atoms with Crippen LogP contribution in [0.25, 0.3) is 0 Å². The number of amides is 3. The fourth-order valence-electron chi connectivity index (χ4n) is 3.87. The van der Waals surface area contributed by atoms with E-state index >= 15 is 0 Å². The average molecular weight is 450 g/mol. The van der Waals surface area contributed by atoms with Gasteiger partial charge in [0.15, 0.2) is 0 Å². The summed E-state index contributed by atoms with van der Waals surface area (Å²) in [5.74, 6) is -0.300. The summed E-state index contributed by atoms with van der Waals surface area (Å²) >= 11 is 0. The molecule has 0 aromatic heterocycles. The lowest BCUT2D eigenvalue weighted by molar-refractivity contribution is -0.126. The van der Waals surface area contributed by atoms with Crippen LogP contribution in [0.1, 0.15) is 56.0 Å². The Bertz CT molecular complexity index is 949. The van der Waals surface area contributed by atoms with Crippen LogP contribution in [0.3, 0.4) is 0 Å². The molecule has 1 unspecified atom stereocenters. The second kappa shape index (κ2) is 11.1. The predicted molar refractivity (Wildman–Crippen MR) is 131 cm³/mol. The lowest BCUT2D eigenvalue weighted by Gasteiger charge is -2.32. The van der Waals surface area contributed by atoms with Crippen LogP contribution in [-0.4, -0.2) is 42.3 Å². The van der Waals surface area contributed by atoms with E-state index in [9.17, 15) is 14.4 Å². The number of benzene rings is 2. The molecule has 2 aromatic carbocycles. The van der Waals surface area contributed by atoms with E-state index < -0.39 is 5.41 Å². The molecule has 0 bridgehead atoms. The Morgan fingerprint density at radius 3 is 2.36 bits per heavy atom. The molecule has 0 saturated carbocycles. The topological polar surface area (TPSA) is 78.5 Å². The van der Waals surface area contributed by atoms with Gasteiger partial charge < -0.3 is 15.5 Å². The van der Waals surface area contributed by atoms with Crippen molar-refractivity contribution in [3.63, 3.8) is 0 Å². The van der Waals surface area contributed by atoms with Gasteiger partial charge in [0.1, 0.15) is 0 Å². The van der Waals surface area contributed by atoms with E-state index in [-0.39, 0.29) is 23.6 Å². The second-order valence-corrected chi connectivity index (χ2v) is 9.75. The number of hydrogen-bond acceptors (Lipinski definition) is 3. The van der Waals surface area contributed by atoms with Crippen molar-refractivity contribution in [2.45, 2.75) is 46.5 Å². The van der Waals surface area contributed by atoms with Gasteiger partial charge in [0.05, 0.1) is 5.92 Å². The Morgan fingerprint density at radius 2 is 1.70 bits per heavy atom. The minimum Gasteiger partial charge on any atom is -0.356 e. The molecule has 3 amide bonds. The molecule has 1 saturated heterocycles. The normalized spacial score (nSPS) is 16.2. The van der Waals surface area contributed by atoms with Crippen LogP contribution in [0, 0.1) is 11.3 Å². The largest absolute Gasteiger partial charge is 0.356 e. The van der Waals surface area contributed by atoms with Crippen molar-refractivity contribution in [1.82, 2.24) is 10.2 Å². The molecule has 0 radical (unpaired) electrons. The predicted octanol–water partition coefficient (Wildman–Crippen LogP) is 4.27. The van der Waals surface area contributed by atoms with Gasteiger partial charge in [0.25, 0.3) is 5.91 Å². The van der Waals surface area contributed by atoms with Crippen molar-refractivity contribution in [2.75, 3.05) is 25.0 Å². The zero-order valence-corrected chi connectivity index (χ0v) is 19.9. The van der Waals surface area contributed by atoms with E-state index in [2.05, 4.69) is 22.8 Å². The molecule has 2 N–H and O–H groups in total. The number of likely N-dealkylation sites (tertiary alicyclic amines) is 1. The highest BCUT2D eigenvalue weighted by molar-refractivity contribution is 5.97. The number of carbonyl (C=O) groups is 3. The lowest BCUT2D eigenvalue weighted by atomic mass is 9.95. The number of nitrogens with one attached hydrogen (secondary N) is 2. The van der Waals surface area contributed by atoms with Crippen molar-refractivity contribution in [3.05, 3.63) is 65.7 Å². The van der Waals surface area contributed by atoms with E-state index in [0.717, 1.165) is 25.7 Å². The summed E-state index contributed by atoms with van der Waals surface area (Å²) in [6.45, 7) is 7.29. The summed E-state index contributed by atoms with van der Waals surface area (Å²) in [5.41, 5.74) is 2.01. The van der Waals surface area contributed by atoms with Crippen LogP contribution in [0.4, 0.5) is 5.69 Å². The summed E-state index contributed by atoms with van der Waals surface area (Å²) in [6, 6.07) is 17.2. The van der Waals surface area contributed by atoms with Crippen molar-refractivity contribution >= 4 is 23.4 Å². The van der Waals surface area contributed by atoms with E-state index in [4.69, 9.17) is 0 Å². The van der Waals surface area contributed by atoms with E-state index in [1.165, 1.54) is 5.56 Å². The fourth-order valence-corrected chi connectivity index (χ4v) is 3.87. The molecule has 2 aromatic rings. The summed E-state index contributed by atoms with van der Waals surface area (Å²) in [5, 5.41) is 5.91. The molecule has 1 fully saturated rings. The van der Waals surface area contributed by atoms with Crippen LogP contribution in [0.15, 0.2) is 54.6 Å². The Kier molecular flexibility index (Phi) is 8.26. The number of aryl methyl sites for hydroxylation is 1. The summed E-state index contributed by atoms with van der Waals surface area (Å²) < 4.78 is 0. The fraction of sp³-hybridized carbons (Fsp3) is 0.444. The molecule has 176 valence electrons. The number of hydrogen-bond donors (Lipinski definition) is 2. The number of rotatable bonds is 7. The van der Waals surface area contributed by atoms with E-state index in [1.54, 1.807) is 29.2 Å². The number of carbonyl (C=O) groups excluding carboxylic acids is 3. The van der Waals surface area contributed by atoms with E-state index in [0.29, 0.717) is 30.9 Å². The third-order valence-electron chi connectivity index (χ3n) is 5.93. The van der Waals surface area contributed by atoms with Crippen LogP contribution in [0.5, 0.6) is 0 Å². The minimum absolute atomic E-state index is 0.0285. The molecule has 0 aliphatic carbocycles. The van der Waals surface area contributed by atoms with Gasteiger partial charge in [0, 0.05) is 36.3 Å². The van der Waals surface area contributed by atoms with Gasteiger partial charge in [-0.25, -0.2) is 0 Å². The van der Waals surface area contributed by atoms with Gasteiger partial charge in [-0.1, -0.05) is 51.1 Å². The molecule has 1 heterocycles. The molecule has 3 rings (SSSR count). The van der Waals surface area contributed by atoms with Crippen LogP contribution >= 0.6 is 0 Å². The first-order valence-corrected chi connectivity index (χ1v) is 11.8. The Labute approximate surface area is 196 Å². The molecule has 33 heavy (non-hydrogen) atoms. The molecule has 1 aliphatic rings. The highest BCUT2D eigenvalue weighted by Gasteiger charge is 2.29.